The van der Waals surface area contributed by atoms with Crippen LogP contribution in [0.15, 0.2) is 36.8 Å². The lowest BCUT2D eigenvalue weighted by Crippen LogP contribution is -2.26. The van der Waals surface area contributed by atoms with E-state index in [1.165, 1.54) is 31.5 Å². The lowest BCUT2D eigenvalue weighted by molar-refractivity contribution is -0.142. The Morgan fingerprint density at radius 2 is 1.94 bits per heavy atom. The molecule has 0 aromatic carbocycles. The predicted molar refractivity (Wildman–Crippen MR) is 104 cm³/mol. The molecule has 0 radical (unpaired) electrons. The van der Waals surface area contributed by atoms with E-state index in [1.54, 1.807) is 31.3 Å². The van der Waals surface area contributed by atoms with Crippen molar-refractivity contribution in [3.05, 3.63) is 48.0 Å². The lowest BCUT2D eigenvalue weighted by Gasteiger charge is -2.19. The predicted octanol–water partition coefficient (Wildman–Crippen LogP) is 3.64. The number of hydrogen-bond acceptors (Lipinski definition) is 6. The zero-order valence-electron chi connectivity index (χ0n) is 16.8. The minimum atomic E-state index is -4.41. The summed E-state index contributed by atoms with van der Waals surface area (Å²) in [6.07, 6.45) is -0.384. The average Bonchev–Trinajstić information content (AvgIpc) is 3.27. The van der Waals surface area contributed by atoms with Gasteiger partial charge < -0.3 is 9.47 Å². The van der Waals surface area contributed by atoms with Gasteiger partial charge in [0, 0.05) is 18.0 Å². The van der Waals surface area contributed by atoms with Crippen molar-refractivity contribution < 1.29 is 27.4 Å². The molecule has 8 nitrogen and oxygen atoms in total. The topological polar surface area (TPSA) is 82.4 Å². The smallest absolute Gasteiger partial charge is 0.408 e. The molecule has 4 heterocycles. The summed E-state index contributed by atoms with van der Waals surface area (Å²) >= 11 is 0. The van der Waals surface area contributed by atoms with E-state index in [1.807, 2.05) is 0 Å². The van der Waals surface area contributed by atoms with E-state index < -0.39 is 18.8 Å². The Bertz CT molecular complexity index is 1150. The number of alkyl halides is 3. The second kappa shape index (κ2) is 7.56. The molecular weight excluding hydrogens is 415 g/mol. The monoisotopic (exact) mass is 433 g/mol. The summed E-state index contributed by atoms with van der Waals surface area (Å²) in [5, 5.41) is 3.73. The largest absolute Gasteiger partial charge is 0.491 e. The van der Waals surface area contributed by atoms with Gasteiger partial charge in [0.15, 0.2) is 5.75 Å². The van der Waals surface area contributed by atoms with E-state index in [4.69, 9.17) is 9.47 Å². The number of amides is 1. The van der Waals surface area contributed by atoms with Crippen molar-refractivity contribution >= 4 is 11.6 Å². The van der Waals surface area contributed by atoms with E-state index >= 15 is 0 Å². The van der Waals surface area contributed by atoms with E-state index in [2.05, 4.69) is 15.1 Å². The summed E-state index contributed by atoms with van der Waals surface area (Å²) in [7, 11) is 2.98. The van der Waals surface area contributed by atoms with E-state index in [-0.39, 0.29) is 11.6 Å². The van der Waals surface area contributed by atoms with Crippen LogP contribution in [0, 0.1) is 0 Å². The number of ether oxygens (including phenoxy) is 2. The van der Waals surface area contributed by atoms with Gasteiger partial charge in [-0.2, -0.15) is 18.3 Å². The van der Waals surface area contributed by atoms with Gasteiger partial charge in [-0.15, -0.1) is 0 Å². The van der Waals surface area contributed by atoms with Gasteiger partial charge in [-0.1, -0.05) is 0 Å². The third kappa shape index (κ3) is 3.78. The first-order valence-electron chi connectivity index (χ1n) is 9.24. The maximum atomic E-state index is 12.9. The van der Waals surface area contributed by atoms with Crippen molar-refractivity contribution in [2.45, 2.75) is 25.7 Å². The molecule has 1 amide bonds. The molecule has 3 aromatic heterocycles. The minimum absolute atomic E-state index is 0.272. The van der Waals surface area contributed by atoms with Crippen molar-refractivity contribution in [3.8, 4) is 22.9 Å². The van der Waals surface area contributed by atoms with Gasteiger partial charge in [0.2, 0.25) is 0 Å². The normalized spacial score (nSPS) is 15.9. The fourth-order valence-electron chi connectivity index (χ4n) is 3.52. The van der Waals surface area contributed by atoms with Crippen LogP contribution in [0.1, 0.15) is 29.0 Å². The molecule has 0 aliphatic carbocycles. The second-order valence-corrected chi connectivity index (χ2v) is 6.93. The lowest BCUT2D eigenvalue weighted by atomic mass is 10.1. The number of hydrogen-bond donors (Lipinski definition) is 0. The Hall–Kier alpha value is -3.63. The second-order valence-electron chi connectivity index (χ2n) is 6.93. The van der Waals surface area contributed by atoms with Gasteiger partial charge in [-0.05, 0) is 25.1 Å². The molecule has 4 rings (SSSR count). The van der Waals surface area contributed by atoms with E-state index in [0.717, 1.165) is 4.68 Å². The van der Waals surface area contributed by atoms with Crippen LogP contribution >= 0.6 is 0 Å². The molecule has 0 unspecified atom stereocenters. The number of aromatic nitrogens is 4. The van der Waals surface area contributed by atoms with Crippen LogP contribution in [0.4, 0.5) is 18.9 Å². The first-order valence-corrected chi connectivity index (χ1v) is 9.24. The molecule has 0 saturated carbocycles. The number of nitrogens with zero attached hydrogens (tertiary/aromatic N) is 5. The van der Waals surface area contributed by atoms with Crippen molar-refractivity contribution in [1.82, 2.24) is 19.7 Å². The van der Waals surface area contributed by atoms with Crippen molar-refractivity contribution in [1.29, 1.82) is 0 Å². The Kier molecular flexibility index (Phi) is 5.03. The number of rotatable bonds is 5. The van der Waals surface area contributed by atoms with Gasteiger partial charge in [0.05, 0.1) is 49.1 Å². The molecule has 1 aliphatic heterocycles. The summed E-state index contributed by atoms with van der Waals surface area (Å²) < 4.78 is 49.1. The van der Waals surface area contributed by atoms with Crippen LogP contribution < -0.4 is 14.4 Å². The fourth-order valence-corrected chi connectivity index (χ4v) is 3.52. The first-order chi connectivity index (χ1) is 14.7. The molecule has 0 spiro atoms. The zero-order valence-corrected chi connectivity index (χ0v) is 16.8. The highest BCUT2D eigenvalue weighted by molar-refractivity contribution is 6.10. The van der Waals surface area contributed by atoms with Crippen molar-refractivity contribution in [3.63, 3.8) is 0 Å². The summed E-state index contributed by atoms with van der Waals surface area (Å²) in [5.74, 6) is 0.418. The summed E-state index contributed by atoms with van der Waals surface area (Å²) in [6, 6.07) is 4.57. The highest BCUT2D eigenvalue weighted by Gasteiger charge is 2.38. The Morgan fingerprint density at radius 3 is 2.61 bits per heavy atom. The average molecular weight is 433 g/mol. The van der Waals surface area contributed by atoms with Crippen LogP contribution in [0.5, 0.6) is 11.6 Å². The number of anilines is 1. The Morgan fingerprint density at radius 1 is 1.16 bits per heavy atom. The molecule has 1 atom stereocenters. The zero-order chi connectivity index (χ0) is 22.3. The molecule has 0 fully saturated rings. The van der Waals surface area contributed by atoms with Crippen LogP contribution in [-0.4, -0.2) is 46.1 Å². The highest BCUT2D eigenvalue weighted by atomic mass is 19.4. The van der Waals surface area contributed by atoms with Gasteiger partial charge in [-0.25, -0.2) is 9.97 Å². The van der Waals surface area contributed by atoms with Gasteiger partial charge in [0.1, 0.15) is 6.54 Å². The third-order valence-electron chi connectivity index (χ3n) is 4.92. The molecular formula is C20H18F3N5O3. The van der Waals surface area contributed by atoms with Gasteiger partial charge >= 0.3 is 6.18 Å². The Balaban J connectivity index is 1.66. The third-order valence-corrected chi connectivity index (χ3v) is 4.92. The molecule has 162 valence electrons. The maximum absolute atomic E-state index is 12.9. The Labute approximate surface area is 175 Å². The first kappa shape index (κ1) is 20.6. The summed E-state index contributed by atoms with van der Waals surface area (Å²) in [6.45, 7) is 0.527. The highest BCUT2D eigenvalue weighted by Crippen LogP contribution is 2.38. The summed E-state index contributed by atoms with van der Waals surface area (Å²) in [4.78, 5) is 23.1. The van der Waals surface area contributed by atoms with Crippen LogP contribution in [0.3, 0.4) is 0 Å². The number of carbonyl (C=O) groups is 1. The number of carbonyl (C=O) groups excluding carboxylic acids is 1. The van der Waals surface area contributed by atoms with Crippen molar-refractivity contribution in [2.24, 2.45) is 0 Å². The number of halogens is 3. The van der Waals surface area contributed by atoms with Crippen molar-refractivity contribution in [2.75, 3.05) is 19.1 Å². The van der Waals surface area contributed by atoms with Crippen LogP contribution in [0.2, 0.25) is 0 Å². The molecule has 0 bridgehead atoms. The SMILES string of the molecule is COc1cc(-c2ccc3c(n2)[C@H](C)N(c2cnn(CC(F)(F)F)c2)C3=O)cnc1OC. The molecule has 3 aromatic rings. The molecule has 0 saturated heterocycles. The standard InChI is InChI=1S/C20H18F3N5O3/c1-11-17-14(19(29)28(11)13-8-25-27(9-13)10-20(21,22)23)4-5-15(26-17)12-6-16(30-2)18(31-3)24-7-12/h4-9,11H,10H2,1-3H3/t11-/m0/s1. The fraction of sp³-hybridized carbons (Fsp3) is 0.300. The number of fused-ring (bicyclic) bond motifs is 1. The minimum Gasteiger partial charge on any atom is -0.491 e. The maximum Gasteiger partial charge on any atom is 0.408 e. The summed E-state index contributed by atoms with van der Waals surface area (Å²) in [5.41, 5.74) is 2.40. The molecule has 0 N–H and O–H groups in total. The van der Waals surface area contributed by atoms with E-state index in [9.17, 15) is 18.0 Å². The molecule has 31 heavy (non-hydrogen) atoms. The number of pyridine rings is 2. The van der Waals surface area contributed by atoms with Gasteiger partial charge in [-0.3, -0.25) is 14.4 Å². The van der Waals surface area contributed by atoms with Gasteiger partial charge in [0.25, 0.3) is 11.8 Å². The number of methoxy groups -OCH3 is 2. The molecule has 11 heteroatoms. The van der Waals surface area contributed by atoms with Crippen LogP contribution in [0.25, 0.3) is 11.3 Å². The quantitative estimate of drug-likeness (QED) is 0.611. The van der Waals surface area contributed by atoms with Crippen LogP contribution in [-0.2, 0) is 6.54 Å². The van der Waals surface area contributed by atoms with E-state index in [0.29, 0.717) is 34.1 Å². The molecule has 1 aliphatic rings.